The number of carbonyl (C=O) groups excluding carboxylic acids is 1. The van der Waals surface area contributed by atoms with Crippen LogP contribution in [0.25, 0.3) is 17.1 Å². The molecule has 34 heavy (non-hydrogen) atoms. The van der Waals surface area contributed by atoms with Crippen molar-refractivity contribution in [2.24, 2.45) is 0 Å². The van der Waals surface area contributed by atoms with Gasteiger partial charge in [-0.25, -0.2) is 9.67 Å². The van der Waals surface area contributed by atoms with Crippen LogP contribution in [0.15, 0.2) is 65.8 Å². The molecule has 0 aliphatic carbocycles. The molecule has 0 aliphatic rings. The largest absolute Gasteiger partial charge is 0.497 e. The van der Waals surface area contributed by atoms with Gasteiger partial charge in [0.05, 0.1) is 23.7 Å². The van der Waals surface area contributed by atoms with Gasteiger partial charge < -0.3 is 10.1 Å². The predicted octanol–water partition coefficient (Wildman–Crippen LogP) is 5.08. The predicted molar refractivity (Wildman–Crippen MR) is 135 cm³/mol. The summed E-state index contributed by atoms with van der Waals surface area (Å²) in [5.41, 5.74) is 2.51. The first-order chi connectivity index (χ1) is 16.2. The number of rotatable bonds is 7. The van der Waals surface area contributed by atoms with Crippen molar-refractivity contribution < 1.29 is 9.53 Å². The van der Waals surface area contributed by atoms with Gasteiger partial charge in [0.25, 0.3) is 0 Å². The second-order valence-corrected chi connectivity index (χ2v) is 10.2. The Morgan fingerprint density at radius 2 is 1.82 bits per heavy atom. The molecule has 176 valence electrons. The molecule has 0 fully saturated rings. The number of methoxy groups -OCH3 is 1. The van der Waals surface area contributed by atoms with Crippen molar-refractivity contribution in [1.82, 2.24) is 25.0 Å². The van der Waals surface area contributed by atoms with Crippen LogP contribution in [0.4, 0.5) is 5.82 Å². The molecule has 1 amide bonds. The zero-order valence-corrected chi connectivity index (χ0v) is 20.7. The standard InChI is InChI=1S/C25H28N6O2S/c1-16(34-24-27-22(28-29-24)17-11-13-19(33-5)14-12-17)23(32)26-21-15-20(25(2,3)4)30-31(21)18-9-7-6-8-10-18/h6-16H,1-5H3,(H,26,32)(H,27,28,29). The number of para-hydroxylation sites is 1. The molecule has 0 bridgehead atoms. The molecule has 0 radical (unpaired) electrons. The van der Waals surface area contributed by atoms with Crippen molar-refractivity contribution in [2.45, 2.75) is 43.5 Å². The minimum absolute atomic E-state index is 0.154. The van der Waals surface area contributed by atoms with Crippen molar-refractivity contribution in [2.75, 3.05) is 12.4 Å². The van der Waals surface area contributed by atoms with E-state index in [1.807, 2.05) is 67.6 Å². The van der Waals surface area contributed by atoms with Crippen molar-refractivity contribution >= 4 is 23.5 Å². The SMILES string of the molecule is COc1ccc(-c2nc(SC(C)C(=O)Nc3cc(C(C)(C)C)nn3-c3ccccc3)n[nH]2)cc1. The Balaban J connectivity index is 1.49. The number of H-pyrrole nitrogens is 1. The first-order valence-electron chi connectivity index (χ1n) is 10.9. The molecule has 0 spiro atoms. The molecule has 0 saturated carbocycles. The second-order valence-electron chi connectivity index (χ2n) is 8.86. The van der Waals surface area contributed by atoms with Gasteiger partial charge >= 0.3 is 0 Å². The Labute approximate surface area is 203 Å². The fourth-order valence-electron chi connectivity index (χ4n) is 3.22. The fraction of sp³-hybridized carbons (Fsp3) is 0.280. The van der Waals surface area contributed by atoms with Crippen LogP contribution in [-0.4, -0.2) is 43.2 Å². The molecule has 1 unspecified atom stereocenters. The highest BCUT2D eigenvalue weighted by Gasteiger charge is 2.24. The Morgan fingerprint density at radius 1 is 1.12 bits per heavy atom. The summed E-state index contributed by atoms with van der Waals surface area (Å²) in [7, 11) is 1.63. The summed E-state index contributed by atoms with van der Waals surface area (Å²) >= 11 is 1.29. The summed E-state index contributed by atoms with van der Waals surface area (Å²) in [6, 6.07) is 19.2. The lowest BCUT2D eigenvalue weighted by Crippen LogP contribution is -2.24. The maximum Gasteiger partial charge on any atom is 0.238 e. The number of thioether (sulfide) groups is 1. The summed E-state index contributed by atoms with van der Waals surface area (Å²) in [6.07, 6.45) is 0. The van der Waals surface area contributed by atoms with E-state index >= 15 is 0 Å². The maximum absolute atomic E-state index is 13.1. The van der Waals surface area contributed by atoms with Crippen molar-refractivity contribution in [3.8, 4) is 22.8 Å². The van der Waals surface area contributed by atoms with Gasteiger partial charge in [0, 0.05) is 17.0 Å². The van der Waals surface area contributed by atoms with E-state index in [-0.39, 0.29) is 11.3 Å². The highest BCUT2D eigenvalue weighted by Crippen LogP contribution is 2.28. The topological polar surface area (TPSA) is 97.7 Å². The first-order valence-corrected chi connectivity index (χ1v) is 11.8. The van der Waals surface area contributed by atoms with Gasteiger partial charge in [-0.15, -0.1) is 5.10 Å². The zero-order chi connectivity index (χ0) is 24.3. The lowest BCUT2D eigenvalue weighted by Gasteiger charge is -2.14. The normalized spacial score (nSPS) is 12.4. The average molecular weight is 477 g/mol. The number of benzene rings is 2. The van der Waals surface area contributed by atoms with Gasteiger partial charge in [-0.05, 0) is 43.3 Å². The molecule has 0 saturated heterocycles. The molecule has 2 aromatic heterocycles. The first kappa shape index (κ1) is 23.6. The van der Waals surface area contributed by atoms with Crippen LogP contribution in [0.5, 0.6) is 5.75 Å². The van der Waals surface area contributed by atoms with Crippen LogP contribution >= 0.6 is 11.8 Å². The number of nitrogens with zero attached hydrogens (tertiary/aromatic N) is 4. The third kappa shape index (κ3) is 5.31. The second kappa shape index (κ2) is 9.72. The third-order valence-electron chi connectivity index (χ3n) is 5.21. The van der Waals surface area contributed by atoms with Gasteiger partial charge in [0.2, 0.25) is 11.1 Å². The summed E-state index contributed by atoms with van der Waals surface area (Å²) in [5.74, 6) is 1.88. The van der Waals surface area contributed by atoms with Crippen LogP contribution in [-0.2, 0) is 10.2 Å². The van der Waals surface area contributed by atoms with Gasteiger partial charge in [-0.3, -0.25) is 9.89 Å². The minimum atomic E-state index is -0.420. The van der Waals surface area contributed by atoms with E-state index in [1.54, 1.807) is 11.8 Å². The molecule has 4 aromatic rings. The molecule has 0 aliphatic heterocycles. The molecular formula is C25H28N6O2S. The van der Waals surface area contributed by atoms with Gasteiger partial charge in [0.1, 0.15) is 11.6 Å². The molecule has 8 nitrogen and oxygen atoms in total. The number of anilines is 1. The molecule has 2 aromatic carbocycles. The monoisotopic (exact) mass is 476 g/mol. The zero-order valence-electron chi connectivity index (χ0n) is 19.9. The summed E-state index contributed by atoms with van der Waals surface area (Å²) in [6.45, 7) is 8.12. The van der Waals surface area contributed by atoms with E-state index in [0.717, 1.165) is 22.7 Å². The van der Waals surface area contributed by atoms with E-state index in [0.29, 0.717) is 16.8 Å². The van der Waals surface area contributed by atoms with Crippen molar-refractivity contribution in [3.05, 3.63) is 66.4 Å². The minimum Gasteiger partial charge on any atom is -0.497 e. The smallest absolute Gasteiger partial charge is 0.238 e. The number of hydrogen-bond donors (Lipinski definition) is 2. The van der Waals surface area contributed by atoms with Crippen LogP contribution < -0.4 is 10.1 Å². The highest BCUT2D eigenvalue weighted by molar-refractivity contribution is 8.00. The van der Waals surface area contributed by atoms with Gasteiger partial charge in [0.15, 0.2) is 5.82 Å². The van der Waals surface area contributed by atoms with E-state index < -0.39 is 5.25 Å². The highest BCUT2D eigenvalue weighted by atomic mass is 32.2. The Bertz CT molecular complexity index is 1260. The lowest BCUT2D eigenvalue weighted by molar-refractivity contribution is -0.115. The number of ether oxygens (including phenoxy) is 1. The Morgan fingerprint density at radius 3 is 2.47 bits per heavy atom. The number of carbonyl (C=O) groups is 1. The molecule has 4 rings (SSSR count). The number of aromatic nitrogens is 5. The van der Waals surface area contributed by atoms with E-state index in [9.17, 15) is 4.79 Å². The van der Waals surface area contributed by atoms with Gasteiger partial charge in [-0.2, -0.15) is 5.10 Å². The molecular weight excluding hydrogens is 448 g/mol. The van der Waals surface area contributed by atoms with E-state index in [2.05, 4.69) is 41.3 Å². The maximum atomic E-state index is 13.1. The Kier molecular flexibility index (Phi) is 6.74. The van der Waals surface area contributed by atoms with Crippen molar-refractivity contribution in [1.29, 1.82) is 0 Å². The summed E-state index contributed by atoms with van der Waals surface area (Å²) in [5, 5.41) is 15.1. The van der Waals surface area contributed by atoms with Crippen LogP contribution in [0.3, 0.4) is 0 Å². The number of hydrogen-bond acceptors (Lipinski definition) is 6. The van der Waals surface area contributed by atoms with Crippen molar-refractivity contribution in [3.63, 3.8) is 0 Å². The summed E-state index contributed by atoms with van der Waals surface area (Å²) < 4.78 is 6.96. The molecule has 2 heterocycles. The fourth-order valence-corrected chi connectivity index (χ4v) is 3.94. The summed E-state index contributed by atoms with van der Waals surface area (Å²) in [4.78, 5) is 17.6. The Hall–Kier alpha value is -3.59. The average Bonchev–Trinajstić information content (AvgIpc) is 3.47. The number of aromatic amines is 1. The van der Waals surface area contributed by atoms with Crippen LogP contribution in [0.1, 0.15) is 33.4 Å². The van der Waals surface area contributed by atoms with Gasteiger partial charge in [-0.1, -0.05) is 50.7 Å². The number of amides is 1. The molecule has 9 heteroatoms. The number of nitrogens with one attached hydrogen (secondary N) is 2. The third-order valence-corrected chi connectivity index (χ3v) is 6.17. The lowest BCUT2D eigenvalue weighted by atomic mass is 9.92. The van der Waals surface area contributed by atoms with E-state index in [4.69, 9.17) is 9.84 Å². The van der Waals surface area contributed by atoms with Crippen LogP contribution in [0, 0.1) is 0 Å². The molecule has 2 N–H and O–H groups in total. The molecule has 1 atom stereocenters. The van der Waals surface area contributed by atoms with E-state index in [1.165, 1.54) is 11.8 Å². The quantitative estimate of drug-likeness (QED) is 0.361. The van der Waals surface area contributed by atoms with Crippen LogP contribution in [0.2, 0.25) is 0 Å².